The predicted molar refractivity (Wildman–Crippen MR) is 99.5 cm³/mol. The number of phenols is 2. The van der Waals surface area contributed by atoms with E-state index in [9.17, 15) is 15.0 Å². The third-order valence-corrected chi connectivity index (χ3v) is 3.80. The number of benzene rings is 3. The van der Waals surface area contributed by atoms with Gasteiger partial charge in [0.15, 0.2) is 6.10 Å². The molecule has 6 heteroatoms. The number of ether oxygens (including phenoxy) is 1. The van der Waals surface area contributed by atoms with Crippen LogP contribution in [0.15, 0.2) is 65.8 Å². The molecule has 3 aromatic rings. The Morgan fingerprint density at radius 1 is 1.08 bits per heavy atom. The average Bonchev–Trinajstić information content (AvgIpc) is 2.63. The lowest BCUT2D eigenvalue weighted by molar-refractivity contribution is -0.127. The van der Waals surface area contributed by atoms with Crippen molar-refractivity contribution in [2.75, 3.05) is 0 Å². The maximum atomic E-state index is 12.1. The molecule has 0 saturated carbocycles. The van der Waals surface area contributed by atoms with Gasteiger partial charge in [-0.2, -0.15) is 5.10 Å². The molecule has 0 unspecified atom stereocenters. The highest BCUT2D eigenvalue weighted by molar-refractivity contribution is 5.87. The van der Waals surface area contributed by atoms with E-state index in [1.54, 1.807) is 6.92 Å². The second-order valence-corrected chi connectivity index (χ2v) is 5.75. The molecule has 1 atom stereocenters. The van der Waals surface area contributed by atoms with Crippen LogP contribution in [0.2, 0.25) is 0 Å². The van der Waals surface area contributed by atoms with Gasteiger partial charge < -0.3 is 14.9 Å². The molecule has 3 N–H and O–H groups in total. The van der Waals surface area contributed by atoms with Crippen LogP contribution in [0.25, 0.3) is 10.8 Å². The SMILES string of the molecule is C[C@H](Oc1ccc2ccccc2c1)C(=O)N/N=C/c1ccc(O)cc1O. The van der Waals surface area contributed by atoms with Gasteiger partial charge in [0.05, 0.1) is 6.21 Å². The molecule has 0 aromatic heterocycles. The van der Waals surface area contributed by atoms with E-state index >= 15 is 0 Å². The van der Waals surface area contributed by atoms with Crippen molar-refractivity contribution in [2.24, 2.45) is 5.10 Å². The quantitative estimate of drug-likeness (QED) is 0.487. The van der Waals surface area contributed by atoms with Gasteiger partial charge in [-0.3, -0.25) is 4.79 Å². The minimum absolute atomic E-state index is 0.0545. The predicted octanol–water partition coefficient (Wildman–Crippen LogP) is 3.17. The first-order valence-electron chi connectivity index (χ1n) is 8.03. The van der Waals surface area contributed by atoms with Crippen LogP contribution >= 0.6 is 0 Å². The first-order chi connectivity index (χ1) is 12.5. The highest BCUT2D eigenvalue weighted by atomic mass is 16.5. The summed E-state index contributed by atoms with van der Waals surface area (Å²) >= 11 is 0. The minimum Gasteiger partial charge on any atom is -0.508 e. The van der Waals surface area contributed by atoms with E-state index in [-0.39, 0.29) is 11.5 Å². The first-order valence-corrected chi connectivity index (χ1v) is 8.03. The zero-order chi connectivity index (χ0) is 18.5. The number of phenolic OH excluding ortho intramolecular Hbond substituents is 2. The van der Waals surface area contributed by atoms with E-state index in [0.717, 1.165) is 10.8 Å². The van der Waals surface area contributed by atoms with Crippen LogP contribution in [0.1, 0.15) is 12.5 Å². The second-order valence-electron chi connectivity index (χ2n) is 5.75. The van der Waals surface area contributed by atoms with Crippen molar-refractivity contribution in [1.29, 1.82) is 0 Å². The molecule has 1 amide bonds. The Morgan fingerprint density at radius 3 is 2.62 bits per heavy atom. The van der Waals surface area contributed by atoms with Crippen LogP contribution in [0.3, 0.4) is 0 Å². The fraction of sp³-hybridized carbons (Fsp3) is 0.100. The number of hydrogen-bond donors (Lipinski definition) is 3. The number of fused-ring (bicyclic) bond motifs is 1. The number of aromatic hydroxyl groups is 2. The highest BCUT2D eigenvalue weighted by Crippen LogP contribution is 2.22. The summed E-state index contributed by atoms with van der Waals surface area (Å²) in [6.07, 6.45) is 0.539. The zero-order valence-electron chi connectivity index (χ0n) is 14.1. The lowest BCUT2D eigenvalue weighted by Crippen LogP contribution is -2.33. The molecular formula is C20H18N2O4. The molecule has 0 radical (unpaired) electrons. The summed E-state index contributed by atoms with van der Waals surface area (Å²) in [6.45, 7) is 1.62. The molecule has 26 heavy (non-hydrogen) atoms. The Hall–Kier alpha value is -3.54. The van der Waals surface area contributed by atoms with Gasteiger partial charge in [0.1, 0.15) is 17.2 Å². The monoisotopic (exact) mass is 350 g/mol. The van der Waals surface area contributed by atoms with E-state index in [1.165, 1.54) is 24.4 Å². The third-order valence-electron chi connectivity index (χ3n) is 3.80. The van der Waals surface area contributed by atoms with Crippen LogP contribution < -0.4 is 10.2 Å². The van der Waals surface area contributed by atoms with Crippen molar-refractivity contribution in [3.8, 4) is 17.2 Å². The molecular weight excluding hydrogens is 332 g/mol. The summed E-state index contributed by atoms with van der Waals surface area (Å²) < 4.78 is 5.66. The van der Waals surface area contributed by atoms with Crippen molar-refractivity contribution < 1.29 is 19.7 Å². The molecule has 3 aromatic carbocycles. The molecule has 0 aliphatic carbocycles. The van der Waals surface area contributed by atoms with Gasteiger partial charge in [0, 0.05) is 11.6 Å². The Balaban J connectivity index is 1.60. The summed E-state index contributed by atoms with van der Waals surface area (Å²) in [6, 6.07) is 17.6. The molecule has 0 heterocycles. The van der Waals surface area contributed by atoms with Crippen LogP contribution in [0, 0.1) is 0 Å². The number of amides is 1. The summed E-state index contributed by atoms with van der Waals surface area (Å²) in [5.74, 6) is -0.0243. The number of carbonyl (C=O) groups excluding carboxylic acids is 1. The molecule has 132 valence electrons. The summed E-state index contributed by atoms with van der Waals surface area (Å²) in [5.41, 5.74) is 2.73. The van der Waals surface area contributed by atoms with Crippen LogP contribution in [-0.2, 0) is 4.79 Å². The van der Waals surface area contributed by atoms with E-state index in [2.05, 4.69) is 10.5 Å². The van der Waals surface area contributed by atoms with Crippen LogP contribution in [-0.4, -0.2) is 28.4 Å². The third kappa shape index (κ3) is 4.10. The molecule has 0 aliphatic heterocycles. The first kappa shape index (κ1) is 17.3. The molecule has 0 fully saturated rings. The fourth-order valence-electron chi connectivity index (χ4n) is 2.40. The molecule has 0 aliphatic rings. The van der Waals surface area contributed by atoms with E-state index in [4.69, 9.17) is 4.74 Å². The van der Waals surface area contributed by atoms with Crippen molar-refractivity contribution in [2.45, 2.75) is 13.0 Å². The number of rotatable bonds is 5. The Labute approximate surface area is 150 Å². The number of nitrogens with zero attached hydrogens (tertiary/aromatic N) is 1. The van der Waals surface area contributed by atoms with Crippen LogP contribution in [0.5, 0.6) is 17.2 Å². The largest absolute Gasteiger partial charge is 0.508 e. The number of nitrogens with one attached hydrogen (secondary N) is 1. The van der Waals surface area contributed by atoms with E-state index in [1.807, 2.05) is 42.5 Å². The molecule has 0 saturated heterocycles. The second kappa shape index (κ2) is 7.57. The van der Waals surface area contributed by atoms with Gasteiger partial charge in [-0.1, -0.05) is 30.3 Å². The lowest BCUT2D eigenvalue weighted by Gasteiger charge is -2.13. The van der Waals surface area contributed by atoms with Crippen molar-refractivity contribution in [3.63, 3.8) is 0 Å². The van der Waals surface area contributed by atoms with Gasteiger partial charge in [0.2, 0.25) is 0 Å². The molecule has 0 bridgehead atoms. The number of carbonyl (C=O) groups is 1. The normalized spacial score (nSPS) is 12.2. The van der Waals surface area contributed by atoms with Gasteiger partial charge in [0.25, 0.3) is 5.91 Å². The van der Waals surface area contributed by atoms with E-state index in [0.29, 0.717) is 11.3 Å². The lowest BCUT2D eigenvalue weighted by atomic mass is 10.1. The number of hydrogen-bond acceptors (Lipinski definition) is 5. The Bertz CT molecular complexity index is 969. The van der Waals surface area contributed by atoms with Crippen molar-refractivity contribution >= 4 is 22.9 Å². The van der Waals surface area contributed by atoms with Gasteiger partial charge >= 0.3 is 0 Å². The molecule has 6 nitrogen and oxygen atoms in total. The zero-order valence-corrected chi connectivity index (χ0v) is 14.1. The van der Waals surface area contributed by atoms with Gasteiger partial charge in [-0.15, -0.1) is 0 Å². The average molecular weight is 350 g/mol. The Kier molecular flexibility index (Phi) is 5.03. The van der Waals surface area contributed by atoms with Crippen molar-refractivity contribution in [3.05, 3.63) is 66.2 Å². The van der Waals surface area contributed by atoms with Gasteiger partial charge in [-0.05, 0) is 42.0 Å². The Morgan fingerprint density at radius 2 is 1.85 bits per heavy atom. The van der Waals surface area contributed by atoms with E-state index < -0.39 is 12.0 Å². The smallest absolute Gasteiger partial charge is 0.280 e. The molecule has 0 spiro atoms. The summed E-state index contributed by atoms with van der Waals surface area (Å²) in [4.78, 5) is 12.1. The van der Waals surface area contributed by atoms with Crippen LogP contribution in [0.4, 0.5) is 0 Å². The fourth-order valence-corrected chi connectivity index (χ4v) is 2.40. The maximum Gasteiger partial charge on any atom is 0.280 e. The topological polar surface area (TPSA) is 91.2 Å². The van der Waals surface area contributed by atoms with Gasteiger partial charge in [-0.25, -0.2) is 5.43 Å². The standard InChI is InChI=1S/C20H18N2O4/c1-13(26-18-9-7-14-4-2-3-5-15(14)10-18)20(25)22-21-12-16-6-8-17(23)11-19(16)24/h2-13,23-24H,1H3,(H,22,25)/b21-12+/t13-/m0/s1. The minimum atomic E-state index is -0.748. The van der Waals surface area contributed by atoms with Crippen molar-refractivity contribution in [1.82, 2.24) is 5.43 Å². The maximum absolute atomic E-state index is 12.1. The number of hydrazone groups is 1. The molecule has 3 rings (SSSR count). The summed E-state index contributed by atoms with van der Waals surface area (Å²) in [7, 11) is 0. The highest BCUT2D eigenvalue weighted by Gasteiger charge is 2.14. The summed E-state index contributed by atoms with van der Waals surface area (Å²) in [5, 5.41) is 24.8.